The number of hydrogen-bond donors (Lipinski definition) is 1. The first-order chi connectivity index (χ1) is 17.2. The molecular formula is C29H30N4O2. The Labute approximate surface area is 205 Å². The predicted molar refractivity (Wildman–Crippen MR) is 138 cm³/mol. The zero-order chi connectivity index (χ0) is 23.6. The van der Waals surface area contributed by atoms with Crippen LogP contribution in [0.15, 0.2) is 67.0 Å². The lowest BCUT2D eigenvalue weighted by molar-refractivity contribution is 0.0247. The van der Waals surface area contributed by atoms with Crippen LogP contribution < -0.4 is 5.32 Å². The second-order valence-electron chi connectivity index (χ2n) is 9.70. The van der Waals surface area contributed by atoms with E-state index in [4.69, 9.17) is 14.7 Å². The highest BCUT2D eigenvalue weighted by Gasteiger charge is 2.25. The highest BCUT2D eigenvalue weighted by molar-refractivity contribution is 5.96. The third kappa shape index (κ3) is 4.84. The average Bonchev–Trinajstić information content (AvgIpc) is 3.63. The number of ketones is 1. The topological polar surface area (TPSA) is 68.5 Å². The summed E-state index contributed by atoms with van der Waals surface area (Å²) in [6.45, 7) is 1.53. The number of carbonyl (C=O) groups excluding carboxylic acids is 1. The van der Waals surface area contributed by atoms with Crippen molar-refractivity contribution in [1.29, 1.82) is 0 Å². The number of rotatable bonds is 8. The number of hydrogen-bond acceptors (Lipinski definition) is 5. The lowest BCUT2D eigenvalue weighted by Gasteiger charge is -2.23. The first kappa shape index (κ1) is 22.0. The Morgan fingerprint density at radius 2 is 1.83 bits per heavy atom. The number of nitrogens with zero attached hydrogens (tertiary/aromatic N) is 3. The standard InChI is InChI=1S/C29H30N4O2/c34-27(16-20-9-10-20)23-13-11-22(12-14-23)26-18-31-29-28(30-17-24-8-4-5-15-35-24)32-25(19-33(26)29)21-6-2-1-3-7-21/h1-3,6-7,11-14,18-20,24H,4-5,8-10,15-17H2,(H,30,32). The minimum Gasteiger partial charge on any atom is -0.376 e. The summed E-state index contributed by atoms with van der Waals surface area (Å²) in [6.07, 6.45) is 10.6. The summed E-state index contributed by atoms with van der Waals surface area (Å²) in [5.41, 5.74) is 5.48. The van der Waals surface area contributed by atoms with Crippen molar-refractivity contribution >= 4 is 17.2 Å². The molecule has 2 aliphatic rings. The largest absolute Gasteiger partial charge is 0.376 e. The summed E-state index contributed by atoms with van der Waals surface area (Å²) in [6, 6.07) is 18.1. The fourth-order valence-corrected chi connectivity index (χ4v) is 4.78. The zero-order valence-corrected chi connectivity index (χ0v) is 19.8. The van der Waals surface area contributed by atoms with E-state index in [0.717, 1.165) is 59.0 Å². The molecular weight excluding hydrogens is 436 g/mol. The van der Waals surface area contributed by atoms with Gasteiger partial charge in [0.1, 0.15) is 0 Å². The number of anilines is 1. The number of aromatic nitrogens is 3. The maximum atomic E-state index is 12.5. The van der Waals surface area contributed by atoms with E-state index in [1.807, 2.05) is 54.9 Å². The molecule has 6 heteroatoms. The fraction of sp³-hybridized carbons (Fsp3) is 0.345. The van der Waals surface area contributed by atoms with Crippen LogP contribution in [0, 0.1) is 5.92 Å². The van der Waals surface area contributed by atoms with Crippen LogP contribution in [0.1, 0.15) is 48.9 Å². The predicted octanol–water partition coefficient (Wildman–Crippen LogP) is 6.03. The summed E-state index contributed by atoms with van der Waals surface area (Å²) in [4.78, 5) is 22.2. The van der Waals surface area contributed by atoms with Crippen molar-refractivity contribution in [2.75, 3.05) is 18.5 Å². The van der Waals surface area contributed by atoms with Crippen LogP contribution in [0.2, 0.25) is 0 Å². The molecule has 1 atom stereocenters. The van der Waals surface area contributed by atoms with E-state index < -0.39 is 0 Å². The molecule has 0 bridgehead atoms. The van der Waals surface area contributed by atoms with E-state index in [0.29, 0.717) is 18.9 Å². The van der Waals surface area contributed by atoms with Gasteiger partial charge in [-0.2, -0.15) is 0 Å². The number of carbonyl (C=O) groups is 1. The molecule has 1 aliphatic heterocycles. The Balaban J connectivity index is 1.34. The van der Waals surface area contributed by atoms with E-state index in [-0.39, 0.29) is 11.9 Å². The molecule has 4 aromatic rings. The molecule has 1 saturated heterocycles. The van der Waals surface area contributed by atoms with Crippen LogP contribution in [-0.2, 0) is 4.74 Å². The number of Topliss-reactive ketones (excluding diaryl/α,β-unsaturated/α-hetero) is 1. The third-order valence-corrected chi connectivity index (χ3v) is 7.01. The summed E-state index contributed by atoms with van der Waals surface area (Å²) in [5, 5.41) is 3.52. The molecule has 3 heterocycles. The van der Waals surface area contributed by atoms with Gasteiger partial charge in [-0.15, -0.1) is 0 Å². The van der Waals surface area contributed by atoms with E-state index in [1.165, 1.54) is 19.3 Å². The van der Waals surface area contributed by atoms with Crippen molar-refractivity contribution in [3.63, 3.8) is 0 Å². The van der Waals surface area contributed by atoms with E-state index in [9.17, 15) is 4.79 Å². The molecule has 178 valence electrons. The monoisotopic (exact) mass is 466 g/mol. The number of nitrogens with one attached hydrogen (secondary N) is 1. The van der Waals surface area contributed by atoms with Crippen LogP contribution in [-0.4, -0.2) is 39.4 Å². The fourth-order valence-electron chi connectivity index (χ4n) is 4.78. The molecule has 2 aromatic heterocycles. The molecule has 1 saturated carbocycles. The van der Waals surface area contributed by atoms with Crippen molar-refractivity contribution in [1.82, 2.24) is 14.4 Å². The van der Waals surface area contributed by atoms with Gasteiger partial charge in [-0.3, -0.25) is 9.20 Å². The van der Waals surface area contributed by atoms with Gasteiger partial charge in [0.25, 0.3) is 0 Å². The molecule has 1 aliphatic carbocycles. The van der Waals surface area contributed by atoms with Gasteiger partial charge in [-0.05, 0) is 38.0 Å². The molecule has 6 nitrogen and oxygen atoms in total. The minimum absolute atomic E-state index is 0.195. The molecule has 0 radical (unpaired) electrons. The van der Waals surface area contributed by atoms with Crippen LogP contribution in [0.25, 0.3) is 28.2 Å². The maximum Gasteiger partial charge on any atom is 0.180 e. The highest BCUT2D eigenvalue weighted by atomic mass is 16.5. The molecule has 0 amide bonds. The SMILES string of the molecule is O=C(CC1CC1)c1ccc(-c2cnc3c(NCC4CCCCO4)nc(-c4ccccc4)cn23)cc1. The summed E-state index contributed by atoms with van der Waals surface area (Å²) >= 11 is 0. The molecule has 1 N–H and O–H groups in total. The summed E-state index contributed by atoms with van der Waals surface area (Å²) < 4.78 is 8.01. The summed E-state index contributed by atoms with van der Waals surface area (Å²) in [5.74, 6) is 1.59. The Bertz CT molecular complexity index is 1320. The molecule has 1 unspecified atom stereocenters. The average molecular weight is 467 g/mol. The Hall–Kier alpha value is -3.51. The molecule has 2 fully saturated rings. The van der Waals surface area contributed by atoms with E-state index in [1.54, 1.807) is 0 Å². The van der Waals surface area contributed by atoms with Gasteiger partial charge in [0, 0.05) is 42.5 Å². The van der Waals surface area contributed by atoms with Crippen molar-refractivity contribution < 1.29 is 9.53 Å². The smallest absolute Gasteiger partial charge is 0.180 e. The van der Waals surface area contributed by atoms with Crippen molar-refractivity contribution in [2.24, 2.45) is 5.92 Å². The normalized spacial score (nSPS) is 18.0. The van der Waals surface area contributed by atoms with Gasteiger partial charge in [-0.1, -0.05) is 54.6 Å². The first-order valence-electron chi connectivity index (χ1n) is 12.7. The Morgan fingerprint density at radius 3 is 2.57 bits per heavy atom. The second kappa shape index (κ2) is 9.62. The van der Waals surface area contributed by atoms with Gasteiger partial charge in [-0.25, -0.2) is 9.97 Å². The third-order valence-electron chi connectivity index (χ3n) is 7.01. The highest BCUT2D eigenvalue weighted by Crippen LogP contribution is 2.34. The lowest BCUT2D eigenvalue weighted by atomic mass is 10.0. The van der Waals surface area contributed by atoms with E-state index in [2.05, 4.69) is 21.9 Å². The van der Waals surface area contributed by atoms with Crippen LogP contribution in [0.4, 0.5) is 5.82 Å². The van der Waals surface area contributed by atoms with Crippen molar-refractivity contribution in [2.45, 2.75) is 44.6 Å². The minimum atomic E-state index is 0.195. The number of benzene rings is 2. The van der Waals surface area contributed by atoms with Gasteiger partial charge in [0.2, 0.25) is 0 Å². The van der Waals surface area contributed by atoms with Gasteiger partial charge >= 0.3 is 0 Å². The summed E-state index contributed by atoms with van der Waals surface area (Å²) in [7, 11) is 0. The molecule has 0 spiro atoms. The quantitative estimate of drug-likeness (QED) is 0.321. The van der Waals surface area contributed by atoms with Crippen molar-refractivity contribution in [3.05, 3.63) is 72.6 Å². The Kier molecular flexibility index (Phi) is 6.05. The lowest BCUT2D eigenvalue weighted by Crippen LogP contribution is -2.27. The van der Waals surface area contributed by atoms with Crippen LogP contribution >= 0.6 is 0 Å². The van der Waals surface area contributed by atoms with Gasteiger partial charge in [0.15, 0.2) is 17.2 Å². The maximum absolute atomic E-state index is 12.5. The van der Waals surface area contributed by atoms with Crippen molar-refractivity contribution in [3.8, 4) is 22.5 Å². The molecule has 35 heavy (non-hydrogen) atoms. The van der Waals surface area contributed by atoms with Gasteiger partial charge < -0.3 is 10.1 Å². The Morgan fingerprint density at radius 1 is 1.00 bits per heavy atom. The number of fused-ring (bicyclic) bond motifs is 1. The van der Waals surface area contributed by atoms with Crippen LogP contribution in [0.3, 0.4) is 0 Å². The molecule has 6 rings (SSSR count). The van der Waals surface area contributed by atoms with Gasteiger partial charge in [0.05, 0.1) is 23.7 Å². The van der Waals surface area contributed by atoms with Crippen LogP contribution in [0.5, 0.6) is 0 Å². The van der Waals surface area contributed by atoms with E-state index >= 15 is 0 Å². The zero-order valence-electron chi connectivity index (χ0n) is 19.8. The number of imidazole rings is 1. The second-order valence-corrected chi connectivity index (χ2v) is 9.70. The number of ether oxygens (including phenoxy) is 1. The molecule has 2 aromatic carbocycles. The first-order valence-corrected chi connectivity index (χ1v) is 12.7.